The number of hydrogen-bond donors (Lipinski definition) is 1. The summed E-state index contributed by atoms with van der Waals surface area (Å²) in [6, 6.07) is 8.32. The minimum absolute atomic E-state index is 0.748. The van der Waals surface area contributed by atoms with Crippen LogP contribution in [0.1, 0.15) is 39.2 Å². The molecule has 1 aromatic carbocycles. The Balaban J connectivity index is 2.37. The lowest BCUT2D eigenvalue weighted by molar-refractivity contribution is 0.216. The van der Waals surface area contributed by atoms with Crippen molar-refractivity contribution in [2.75, 3.05) is 33.3 Å². The molecule has 3 heteroatoms. The van der Waals surface area contributed by atoms with Crippen LogP contribution in [0.2, 0.25) is 0 Å². The average Bonchev–Trinajstić information content (AvgIpc) is 2.49. The topological polar surface area (TPSA) is 24.5 Å². The normalized spacial score (nSPS) is 12.6. The Kier molecular flexibility index (Phi) is 9.11. The van der Waals surface area contributed by atoms with Crippen LogP contribution in [0.15, 0.2) is 24.3 Å². The lowest BCUT2D eigenvalue weighted by Gasteiger charge is -2.21. The van der Waals surface area contributed by atoms with E-state index in [-0.39, 0.29) is 0 Å². The fourth-order valence-corrected chi connectivity index (χ4v) is 2.25. The second-order valence-electron chi connectivity index (χ2n) is 5.91. The van der Waals surface area contributed by atoms with Gasteiger partial charge in [-0.3, -0.25) is 0 Å². The average molecular weight is 292 g/mol. The fourth-order valence-electron chi connectivity index (χ4n) is 2.25. The summed E-state index contributed by atoms with van der Waals surface area (Å²) >= 11 is 0. The zero-order valence-corrected chi connectivity index (χ0v) is 14.2. The molecule has 0 aliphatic carbocycles. The molecule has 0 aromatic heterocycles. The van der Waals surface area contributed by atoms with E-state index in [1.54, 1.807) is 0 Å². The molecule has 1 rings (SSSR count). The molecule has 0 saturated heterocycles. The van der Waals surface area contributed by atoms with Crippen LogP contribution in [0.4, 0.5) is 0 Å². The van der Waals surface area contributed by atoms with Crippen molar-refractivity contribution in [3.8, 4) is 5.75 Å². The molecule has 0 fully saturated rings. The lowest BCUT2D eigenvalue weighted by Crippen LogP contribution is -2.28. The van der Waals surface area contributed by atoms with E-state index in [2.05, 4.69) is 56.2 Å². The number of nitrogens with zero attached hydrogens (tertiary/aromatic N) is 1. The third-order valence-corrected chi connectivity index (χ3v) is 3.77. The molecule has 1 atom stereocenters. The molecule has 1 aromatic rings. The largest absolute Gasteiger partial charge is 0.492 e. The Morgan fingerprint density at radius 2 is 2.00 bits per heavy atom. The summed E-state index contributed by atoms with van der Waals surface area (Å²) in [6.07, 6.45) is 2.39. The monoisotopic (exact) mass is 292 g/mol. The first-order valence-electron chi connectivity index (χ1n) is 8.27. The van der Waals surface area contributed by atoms with E-state index >= 15 is 0 Å². The minimum atomic E-state index is 0.748. The molecule has 0 aliphatic heterocycles. The smallest absolute Gasteiger partial charge is 0.123 e. The first-order valence-corrected chi connectivity index (χ1v) is 8.27. The number of rotatable bonds is 11. The first kappa shape index (κ1) is 18.0. The zero-order chi connectivity index (χ0) is 15.5. The van der Waals surface area contributed by atoms with Crippen LogP contribution in [0.5, 0.6) is 5.75 Å². The second-order valence-corrected chi connectivity index (χ2v) is 5.91. The van der Waals surface area contributed by atoms with Crippen LogP contribution in [0, 0.1) is 5.92 Å². The number of para-hydroxylation sites is 1. The van der Waals surface area contributed by atoms with Gasteiger partial charge in [0, 0.05) is 25.2 Å². The number of hydrogen-bond acceptors (Lipinski definition) is 3. The summed E-state index contributed by atoms with van der Waals surface area (Å²) in [5, 5.41) is 3.43. The Hall–Kier alpha value is -1.06. The SMILES string of the molecule is CCCNCc1ccccc1OCCN(C)CC(C)CC. The zero-order valence-electron chi connectivity index (χ0n) is 14.2. The molecule has 120 valence electrons. The van der Waals surface area contributed by atoms with Crippen LogP contribution in [0.25, 0.3) is 0 Å². The van der Waals surface area contributed by atoms with Gasteiger partial charge in [-0.1, -0.05) is 45.4 Å². The molecular formula is C18H32N2O. The molecular weight excluding hydrogens is 260 g/mol. The van der Waals surface area contributed by atoms with E-state index in [0.717, 1.165) is 50.9 Å². The summed E-state index contributed by atoms with van der Waals surface area (Å²) in [5.74, 6) is 1.76. The highest BCUT2D eigenvalue weighted by molar-refractivity contribution is 5.33. The van der Waals surface area contributed by atoms with Crippen LogP contribution >= 0.6 is 0 Å². The summed E-state index contributed by atoms with van der Waals surface area (Å²) in [6.45, 7) is 11.5. The molecule has 0 heterocycles. The molecule has 0 radical (unpaired) electrons. The van der Waals surface area contributed by atoms with Gasteiger partial charge in [0.1, 0.15) is 12.4 Å². The molecule has 0 bridgehead atoms. The van der Waals surface area contributed by atoms with Gasteiger partial charge in [0.2, 0.25) is 0 Å². The Morgan fingerprint density at radius 3 is 2.71 bits per heavy atom. The number of benzene rings is 1. The van der Waals surface area contributed by atoms with Crippen molar-refractivity contribution in [1.82, 2.24) is 10.2 Å². The van der Waals surface area contributed by atoms with Gasteiger partial charge >= 0.3 is 0 Å². The van der Waals surface area contributed by atoms with Crippen LogP contribution in [-0.4, -0.2) is 38.2 Å². The van der Waals surface area contributed by atoms with Crippen LogP contribution in [-0.2, 0) is 6.54 Å². The van der Waals surface area contributed by atoms with Gasteiger partial charge in [-0.2, -0.15) is 0 Å². The standard InChI is InChI=1S/C18H32N2O/c1-5-11-19-14-17-9-7-8-10-18(17)21-13-12-20(4)15-16(3)6-2/h7-10,16,19H,5-6,11-15H2,1-4H3. The van der Waals surface area contributed by atoms with Gasteiger partial charge in [0.25, 0.3) is 0 Å². The molecule has 1 unspecified atom stereocenters. The van der Waals surface area contributed by atoms with E-state index in [1.165, 1.54) is 12.0 Å². The highest BCUT2D eigenvalue weighted by Gasteiger charge is 2.06. The molecule has 0 spiro atoms. The molecule has 0 saturated carbocycles. The predicted molar refractivity (Wildman–Crippen MR) is 90.9 cm³/mol. The van der Waals surface area contributed by atoms with Gasteiger partial charge in [0.15, 0.2) is 0 Å². The van der Waals surface area contributed by atoms with Crippen LogP contribution < -0.4 is 10.1 Å². The Labute approximate surface area is 130 Å². The summed E-state index contributed by atoms with van der Waals surface area (Å²) in [5.41, 5.74) is 1.25. The number of likely N-dealkylation sites (N-methyl/N-ethyl adjacent to an activating group) is 1. The fraction of sp³-hybridized carbons (Fsp3) is 0.667. The molecule has 0 aliphatic rings. The van der Waals surface area contributed by atoms with Gasteiger partial charge < -0.3 is 15.0 Å². The summed E-state index contributed by atoms with van der Waals surface area (Å²) in [4.78, 5) is 2.35. The lowest BCUT2D eigenvalue weighted by atomic mass is 10.1. The van der Waals surface area contributed by atoms with E-state index in [4.69, 9.17) is 4.74 Å². The van der Waals surface area contributed by atoms with E-state index < -0.39 is 0 Å². The van der Waals surface area contributed by atoms with Crippen molar-refractivity contribution in [3.05, 3.63) is 29.8 Å². The van der Waals surface area contributed by atoms with E-state index in [9.17, 15) is 0 Å². The van der Waals surface area contributed by atoms with Crippen molar-refractivity contribution >= 4 is 0 Å². The number of ether oxygens (including phenoxy) is 1. The third-order valence-electron chi connectivity index (χ3n) is 3.77. The molecule has 21 heavy (non-hydrogen) atoms. The highest BCUT2D eigenvalue weighted by atomic mass is 16.5. The van der Waals surface area contributed by atoms with Crippen molar-refractivity contribution in [1.29, 1.82) is 0 Å². The first-order chi connectivity index (χ1) is 10.2. The molecule has 1 N–H and O–H groups in total. The third kappa shape index (κ3) is 7.49. The Morgan fingerprint density at radius 1 is 1.24 bits per heavy atom. The van der Waals surface area contributed by atoms with Gasteiger partial charge in [-0.25, -0.2) is 0 Å². The van der Waals surface area contributed by atoms with Gasteiger partial charge in [-0.05, 0) is 32.0 Å². The molecule has 0 amide bonds. The maximum absolute atomic E-state index is 5.97. The predicted octanol–water partition coefficient (Wildman–Crippen LogP) is 3.54. The summed E-state index contributed by atoms with van der Waals surface area (Å²) < 4.78 is 5.97. The Bertz CT molecular complexity index is 381. The van der Waals surface area contributed by atoms with Crippen molar-refractivity contribution in [2.45, 2.75) is 40.2 Å². The van der Waals surface area contributed by atoms with Gasteiger partial charge in [-0.15, -0.1) is 0 Å². The number of nitrogens with one attached hydrogen (secondary N) is 1. The maximum Gasteiger partial charge on any atom is 0.123 e. The van der Waals surface area contributed by atoms with Crippen LogP contribution in [0.3, 0.4) is 0 Å². The minimum Gasteiger partial charge on any atom is -0.492 e. The van der Waals surface area contributed by atoms with Crippen molar-refractivity contribution in [2.24, 2.45) is 5.92 Å². The summed E-state index contributed by atoms with van der Waals surface area (Å²) in [7, 11) is 2.17. The highest BCUT2D eigenvalue weighted by Crippen LogP contribution is 2.17. The molecule has 3 nitrogen and oxygen atoms in total. The maximum atomic E-state index is 5.97. The second kappa shape index (κ2) is 10.6. The van der Waals surface area contributed by atoms with Crippen molar-refractivity contribution < 1.29 is 4.74 Å². The van der Waals surface area contributed by atoms with Gasteiger partial charge in [0.05, 0.1) is 0 Å². The van der Waals surface area contributed by atoms with Crippen molar-refractivity contribution in [3.63, 3.8) is 0 Å². The van der Waals surface area contributed by atoms with E-state index in [1.807, 2.05) is 6.07 Å². The van der Waals surface area contributed by atoms with E-state index in [0.29, 0.717) is 0 Å². The quantitative estimate of drug-likeness (QED) is 0.631.